The molecular weight excluding hydrogens is 116 g/mol. The Bertz CT molecular complexity index is 201. The first-order valence-corrected chi connectivity index (χ1v) is 2.59. The molecule has 0 amide bonds. The van der Waals surface area contributed by atoms with E-state index in [4.69, 9.17) is 10.3 Å². The fourth-order valence-electron chi connectivity index (χ4n) is 0.540. The first-order valence-electron chi connectivity index (χ1n) is 2.59. The van der Waals surface area contributed by atoms with Crippen LogP contribution in [-0.4, -0.2) is 5.71 Å². The third kappa shape index (κ3) is 1.10. The summed E-state index contributed by atoms with van der Waals surface area (Å²) < 4.78 is 4.94. The molecule has 0 aliphatic rings. The molecule has 1 aromatic rings. The van der Waals surface area contributed by atoms with Crippen LogP contribution in [-0.2, 0) is 0 Å². The van der Waals surface area contributed by atoms with Gasteiger partial charge in [-0.3, -0.25) is 0 Å². The second-order valence-electron chi connectivity index (χ2n) is 1.67. The number of nitrogens with one attached hydrogen (secondary N) is 1. The largest absolute Gasteiger partial charge is 0.616 e. The van der Waals surface area contributed by atoms with E-state index in [0.717, 1.165) is 0 Å². The van der Waals surface area contributed by atoms with Gasteiger partial charge in [0.15, 0.2) is 0 Å². The van der Waals surface area contributed by atoms with E-state index in [0.29, 0.717) is 11.5 Å². The summed E-state index contributed by atoms with van der Waals surface area (Å²) in [6.07, 6.45) is 1.56. The number of nitrogens with zero attached hydrogens (tertiary/aromatic N) is 1. The Hall–Kier alpha value is -1.25. The van der Waals surface area contributed by atoms with Gasteiger partial charge in [-0.25, -0.2) is 0 Å². The van der Waals surface area contributed by atoms with Gasteiger partial charge in [0.2, 0.25) is 0 Å². The van der Waals surface area contributed by atoms with Gasteiger partial charge in [-0.05, 0) is 19.1 Å². The summed E-state index contributed by atoms with van der Waals surface area (Å²) in [5.74, 6) is 7.27. The summed E-state index contributed by atoms with van der Waals surface area (Å²) in [5, 5.41) is 3.20. The maximum absolute atomic E-state index is 6.61. The average molecular weight is 123 g/mol. The molecule has 0 spiro atoms. The first kappa shape index (κ1) is 5.88. The summed E-state index contributed by atoms with van der Waals surface area (Å²) in [6.45, 7) is 1.73. The van der Waals surface area contributed by atoms with Crippen molar-refractivity contribution in [1.82, 2.24) is 0 Å². The lowest BCUT2D eigenvalue weighted by Crippen LogP contribution is -1.87. The van der Waals surface area contributed by atoms with Crippen LogP contribution in [0.4, 0.5) is 0 Å². The molecule has 0 aliphatic carbocycles. The second kappa shape index (κ2) is 2.35. The molecule has 0 saturated heterocycles. The Morgan fingerprint density at radius 1 is 1.78 bits per heavy atom. The van der Waals surface area contributed by atoms with Crippen LogP contribution in [0.15, 0.2) is 27.9 Å². The van der Waals surface area contributed by atoms with E-state index in [-0.39, 0.29) is 0 Å². The van der Waals surface area contributed by atoms with Crippen LogP contribution in [0.3, 0.4) is 0 Å². The van der Waals surface area contributed by atoms with Gasteiger partial charge in [-0.2, -0.15) is 0 Å². The normalized spacial score (nSPS) is 11.9. The van der Waals surface area contributed by atoms with Gasteiger partial charge in [0.25, 0.3) is 0 Å². The Morgan fingerprint density at radius 3 is 3.00 bits per heavy atom. The van der Waals surface area contributed by atoms with Crippen molar-refractivity contribution < 1.29 is 4.42 Å². The monoisotopic (exact) mass is 123 g/mol. The molecule has 0 bridgehead atoms. The van der Waals surface area contributed by atoms with Crippen LogP contribution < -0.4 is 0 Å². The average Bonchev–Trinajstić information content (AvgIpc) is 2.37. The first-order chi connectivity index (χ1) is 4.34. The van der Waals surface area contributed by atoms with Crippen LogP contribution in [0.2, 0.25) is 0 Å². The molecular formula is C6H7N2O-. The lowest BCUT2D eigenvalue weighted by molar-refractivity contribution is 0.557. The molecule has 3 nitrogen and oxygen atoms in total. The number of hydrogen-bond acceptors (Lipinski definition) is 2. The van der Waals surface area contributed by atoms with Crippen molar-refractivity contribution in [2.45, 2.75) is 6.92 Å². The molecule has 0 fully saturated rings. The third-order valence-electron chi connectivity index (χ3n) is 1.05. The molecule has 3 heteroatoms. The minimum Gasteiger partial charge on any atom is -0.616 e. The highest BCUT2D eigenvalue weighted by atomic mass is 16.3. The standard InChI is InChI=1S/C6H7N2O/c1-5(8-7)6-3-2-4-9-6/h2-4,7H,1H3/q-1/b8-5-. The number of rotatable bonds is 1. The van der Waals surface area contributed by atoms with E-state index in [1.54, 1.807) is 25.3 Å². The zero-order chi connectivity index (χ0) is 6.69. The SMILES string of the molecule is C/C(=N/[NH-])c1ccco1. The van der Waals surface area contributed by atoms with Crippen molar-refractivity contribution in [3.8, 4) is 0 Å². The smallest absolute Gasteiger partial charge is 0.145 e. The predicted octanol–water partition coefficient (Wildman–Crippen LogP) is 2.06. The fourth-order valence-corrected chi connectivity index (χ4v) is 0.540. The van der Waals surface area contributed by atoms with Gasteiger partial charge in [0, 0.05) is 0 Å². The maximum atomic E-state index is 6.61. The second-order valence-corrected chi connectivity index (χ2v) is 1.67. The van der Waals surface area contributed by atoms with Crippen molar-refractivity contribution in [2.75, 3.05) is 0 Å². The van der Waals surface area contributed by atoms with Crippen molar-refractivity contribution in [3.05, 3.63) is 30.0 Å². The Labute approximate surface area is 53.2 Å². The minimum absolute atomic E-state index is 0.597. The van der Waals surface area contributed by atoms with Crippen molar-refractivity contribution >= 4 is 5.71 Å². The highest BCUT2D eigenvalue weighted by Crippen LogP contribution is 2.01. The predicted molar refractivity (Wildman–Crippen MR) is 35.2 cm³/mol. The lowest BCUT2D eigenvalue weighted by Gasteiger charge is -1.94. The quantitative estimate of drug-likeness (QED) is 0.416. The molecule has 0 saturated carbocycles. The van der Waals surface area contributed by atoms with E-state index >= 15 is 0 Å². The molecule has 0 radical (unpaired) electrons. The summed E-state index contributed by atoms with van der Waals surface area (Å²) in [7, 11) is 0. The summed E-state index contributed by atoms with van der Waals surface area (Å²) in [4.78, 5) is 0. The highest BCUT2D eigenvalue weighted by Gasteiger charge is 1.93. The van der Waals surface area contributed by atoms with Gasteiger partial charge >= 0.3 is 0 Å². The van der Waals surface area contributed by atoms with E-state index < -0.39 is 0 Å². The molecule has 1 rings (SSSR count). The molecule has 48 valence electrons. The van der Waals surface area contributed by atoms with Crippen LogP contribution in [0.5, 0.6) is 0 Å². The van der Waals surface area contributed by atoms with E-state index in [1.807, 2.05) is 0 Å². The van der Waals surface area contributed by atoms with Crippen molar-refractivity contribution in [2.24, 2.45) is 5.10 Å². The Morgan fingerprint density at radius 2 is 2.56 bits per heavy atom. The summed E-state index contributed by atoms with van der Waals surface area (Å²) in [6, 6.07) is 3.54. The van der Waals surface area contributed by atoms with Crippen LogP contribution in [0.1, 0.15) is 12.7 Å². The number of hydrogen-bond donors (Lipinski definition) is 0. The molecule has 0 aliphatic heterocycles. The van der Waals surface area contributed by atoms with Gasteiger partial charge in [0.1, 0.15) is 5.76 Å². The van der Waals surface area contributed by atoms with Crippen LogP contribution in [0.25, 0.3) is 5.84 Å². The molecule has 1 aromatic heterocycles. The molecule has 0 atom stereocenters. The number of furan rings is 1. The molecule has 0 aromatic carbocycles. The van der Waals surface area contributed by atoms with Crippen LogP contribution in [0, 0.1) is 0 Å². The van der Waals surface area contributed by atoms with Crippen molar-refractivity contribution in [1.29, 1.82) is 0 Å². The van der Waals surface area contributed by atoms with Gasteiger partial charge in [-0.1, -0.05) is 0 Å². The molecule has 1 heterocycles. The Balaban J connectivity index is 2.90. The summed E-state index contributed by atoms with van der Waals surface area (Å²) >= 11 is 0. The van der Waals surface area contributed by atoms with Gasteiger partial charge < -0.3 is 15.4 Å². The third-order valence-corrected chi connectivity index (χ3v) is 1.05. The Kier molecular flexibility index (Phi) is 1.53. The summed E-state index contributed by atoms with van der Waals surface area (Å²) in [5.41, 5.74) is 0.597. The van der Waals surface area contributed by atoms with Crippen molar-refractivity contribution in [3.63, 3.8) is 0 Å². The molecule has 1 N–H and O–H groups in total. The van der Waals surface area contributed by atoms with Gasteiger partial charge in [-0.15, -0.1) is 0 Å². The highest BCUT2D eigenvalue weighted by molar-refractivity contribution is 5.96. The van der Waals surface area contributed by atoms with Gasteiger partial charge in [0.05, 0.1) is 12.0 Å². The lowest BCUT2D eigenvalue weighted by atomic mass is 10.3. The van der Waals surface area contributed by atoms with E-state index in [2.05, 4.69) is 5.10 Å². The zero-order valence-corrected chi connectivity index (χ0v) is 5.09. The fraction of sp³-hybridized carbons (Fsp3) is 0.167. The van der Waals surface area contributed by atoms with E-state index in [9.17, 15) is 0 Å². The molecule has 0 unspecified atom stereocenters. The topological polar surface area (TPSA) is 49.3 Å². The zero-order valence-electron chi connectivity index (χ0n) is 5.09. The van der Waals surface area contributed by atoms with E-state index in [1.165, 1.54) is 0 Å². The minimum atomic E-state index is 0.597. The van der Waals surface area contributed by atoms with Crippen LogP contribution >= 0.6 is 0 Å². The molecule has 9 heavy (non-hydrogen) atoms. The maximum Gasteiger partial charge on any atom is 0.145 e.